The normalized spacial score (nSPS) is 15.2. The van der Waals surface area contributed by atoms with Gasteiger partial charge in [0.1, 0.15) is 0 Å². The first-order chi connectivity index (χ1) is 7.66. The molecule has 1 aliphatic rings. The third-order valence-corrected chi connectivity index (χ3v) is 2.70. The van der Waals surface area contributed by atoms with Crippen molar-refractivity contribution in [3.05, 3.63) is 35.9 Å². The van der Waals surface area contributed by atoms with Crippen molar-refractivity contribution in [2.24, 2.45) is 5.73 Å². The lowest BCUT2D eigenvalue weighted by Crippen LogP contribution is -2.17. The van der Waals surface area contributed by atoms with Gasteiger partial charge in [0.15, 0.2) is 0 Å². The van der Waals surface area contributed by atoms with Gasteiger partial charge in [0.2, 0.25) is 5.91 Å². The number of amides is 1. The van der Waals surface area contributed by atoms with E-state index in [1.807, 2.05) is 0 Å². The summed E-state index contributed by atoms with van der Waals surface area (Å²) in [6.07, 6.45) is 6.31. The van der Waals surface area contributed by atoms with Gasteiger partial charge in [0, 0.05) is 11.6 Å². The van der Waals surface area contributed by atoms with Gasteiger partial charge >= 0.3 is 0 Å². The van der Waals surface area contributed by atoms with E-state index in [-0.39, 0.29) is 0 Å². The Labute approximate surface area is 94.3 Å². The number of carbonyl (C=O) groups is 1. The van der Waals surface area contributed by atoms with E-state index in [2.05, 4.69) is 17.5 Å². The van der Waals surface area contributed by atoms with E-state index in [9.17, 15) is 4.79 Å². The molecule has 0 atom stereocenters. The van der Waals surface area contributed by atoms with Gasteiger partial charge < -0.3 is 16.8 Å². The fraction of sp³-hybridized carbons (Fsp3) is 0.250. The molecule has 4 nitrogen and oxygen atoms in total. The van der Waals surface area contributed by atoms with Gasteiger partial charge in [-0.2, -0.15) is 0 Å². The summed E-state index contributed by atoms with van der Waals surface area (Å²) in [4.78, 5) is 10.9. The molecule has 2 rings (SSSR count). The zero-order valence-electron chi connectivity index (χ0n) is 8.94. The second kappa shape index (κ2) is 4.26. The minimum atomic E-state index is -0.458. The Morgan fingerprint density at radius 1 is 1.31 bits per heavy atom. The number of carbonyl (C=O) groups excluding carboxylic acids is 1. The first kappa shape index (κ1) is 10.5. The highest BCUT2D eigenvalue weighted by atomic mass is 16.1. The molecule has 0 spiro atoms. The number of rotatable bonds is 3. The molecule has 5 N–H and O–H groups in total. The van der Waals surface area contributed by atoms with Gasteiger partial charge in [-0.1, -0.05) is 12.2 Å². The fourth-order valence-corrected chi connectivity index (χ4v) is 1.80. The number of nitrogens with one attached hydrogen (secondary N) is 1. The minimum Gasteiger partial charge on any atom is -0.397 e. The van der Waals surface area contributed by atoms with Crippen LogP contribution in [-0.2, 0) is 0 Å². The van der Waals surface area contributed by atoms with Gasteiger partial charge in [-0.05, 0) is 31.0 Å². The molecule has 0 aromatic heterocycles. The van der Waals surface area contributed by atoms with Crippen molar-refractivity contribution in [1.29, 1.82) is 0 Å². The molecule has 1 aromatic carbocycles. The fourth-order valence-electron chi connectivity index (χ4n) is 1.80. The smallest absolute Gasteiger partial charge is 0.248 e. The molecule has 4 heteroatoms. The summed E-state index contributed by atoms with van der Waals surface area (Å²) in [7, 11) is 0. The number of primary amides is 1. The van der Waals surface area contributed by atoms with E-state index < -0.39 is 5.91 Å². The van der Waals surface area contributed by atoms with Crippen LogP contribution in [0.3, 0.4) is 0 Å². The molecular formula is C12H15N3O. The average Bonchev–Trinajstić information content (AvgIpc) is 2.73. The Morgan fingerprint density at radius 3 is 2.56 bits per heavy atom. The summed E-state index contributed by atoms with van der Waals surface area (Å²) in [5.74, 6) is -0.458. The van der Waals surface area contributed by atoms with E-state index in [4.69, 9.17) is 11.5 Å². The quantitative estimate of drug-likeness (QED) is 0.530. The molecular weight excluding hydrogens is 202 g/mol. The second-order valence-electron chi connectivity index (χ2n) is 3.95. The van der Waals surface area contributed by atoms with Crippen molar-refractivity contribution >= 4 is 17.3 Å². The molecule has 0 bridgehead atoms. The van der Waals surface area contributed by atoms with Crippen LogP contribution in [0.15, 0.2) is 30.4 Å². The maximum Gasteiger partial charge on any atom is 0.248 e. The molecule has 1 aromatic rings. The third-order valence-electron chi connectivity index (χ3n) is 2.70. The van der Waals surface area contributed by atoms with Crippen LogP contribution in [0.5, 0.6) is 0 Å². The van der Waals surface area contributed by atoms with Gasteiger partial charge in [0.05, 0.1) is 11.4 Å². The van der Waals surface area contributed by atoms with Crippen LogP contribution in [0, 0.1) is 0 Å². The summed E-state index contributed by atoms with van der Waals surface area (Å²) in [6, 6.07) is 5.49. The Bertz CT molecular complexity index is 432. The first-order valence-electron chi connectivity index (χ1n) is 5.27. The molecule has 0 saturated carbocycles. The first-order valence-corrected chi connectivity index (χ1v) is 5.27. The van der Waals surface area contributed by atoms with Crippen LogP contribution in [0.2, 0.25) is 0 Å². The van der Waals surface area contributed by atoms with Crippen molar-refractivity contribution in [3.8, 4) is 0 Å². The minimum absolute atomic E-state index is 0.404. The van der Waals surface area contributed by atoms with Crippen LogP contribution in [-0.4, -0.2) is 11.9 Å². The second-order valence-corrected chi connectivity index (χ2v) is 3.95. The topological polar surface area (TPSA) is 81.1 Å². The molecule has 0 radical (unpaired) electrons. The predicted octanol–water partition coefficient (Wildman–Crippen LogP) is 1.50. The van der Waals surface area contributed by atoms with Crippen LogP contribution in [0.1, 0.15) is 23.2 Å². The summed E-state index contributed by atoms with van der Waals surface area (Å²) < 4.78 is 0. The van der Waals surface area contributed by atoms with Crippen molar-refractivity contribution in [3.63, 3.8) is 0 Å². The van der Waals surface area contributed by atoms with Crippen molar-refractivity contribution in [2.75, 3.05) is 11.1 Å². The molecule has 1 amide bonds. The molecule has 0 heterocycles. The highest BCUT2D eigenvalue weighted by Gasteiger charge is 2.11. The maximum absolute atomic E-state index is 10.9. The van der Waals surface area contributed by atoms with Crippen molar-refractivity contribution in [2.45, 2.75) is 18.9 Å². The zero-order chi connectivity index (χ0) is 11.5. The monoisotopic (exact) mass is 217 g/mol. The maximum atomic E-state index is 10.9. The highest BCUT2D eigenvalue weighted by Crippen LogP contribution is 2.23. The SMILES string of the molecule is NC(=O)c1ccc(NC2CC=CC2)c(N)c1. The van der Waals surface area contributed by atoms with Gasteiger partial charge in [-0.15, -0.1) is 0 Å². The Balaban J connectivity index is 2.12. The molecule has 1 aliphatic carbocycles. The Hall–Kier alpha value is -1.97. The number of hydrogen-bond donors (Lipinski definition) is 3. The molecule has 0 fully saturated rings. The number of nitrogen functional groups attached to an aromatic ring is 1. The number of anilines is 2. The number of nitrogens with two attached hydrogens (primary N) is 2. The lowest BCUT2D eigenvalue weighted by molar-refractivity contribution is 0.100. The summed E-state index contributed by atoms with van der Waals surface area (Å²) in [5.41, 5.74) is 12.9. The van der Waals surface area contributed by atoms with E-state index in [1.165, 1.54) is 0 Å². The zero-order valence-corrected chi connectivity index (χ0v) is 8.94. The van der Waals surface area contributed by atoms with Gasteiger partial charge in [-0.25, -0.2) is 0 Å². The molecule has 0 unspecified atom stereocenters. The highest BCUT2D eigenvalue weighted by molar-refractivity contribution is 5.94. The summed E-state index contributed by atoms with van der Waals surface area (Å²) in [5, 5.41) is 3.34. The van der Waals surface area contributed by atoms with Crippen LogP contribution >= 0.6 is 0 Å². The van der Waals surface area contributed by atoms with Crippen molar-refractivity contribution < 1.29 is 4.79 Å². The molecule has 16 heavy (non-hydrogen) atoms. The average molecular weight is 217 g/mol. The largest absolute Gasteiger partial charge is 0.397 e. The van der Waals surface area contributed by atoms with Gasteiger partial charge in [-0.3, -0.25) is 4.79 Å². The lowest BCUT2D eigenvalue weighted by atomic mass is 10.1. The standard InChI is InChI=1S/C12H15N3O/c13-10-7-8(12(14)16)5-6-11(10)15-9-3-1-2-4-9/h1-2,5-7,9,15H,3-4,13H2,(H2,14,16). The Morgan fingerprint density at radius 2 is 2.00 bits per heavy atom. The van der Waals surface area contributed by atoms with E-state index in [0.29, 0.717) is 17.3 Å². The third kappa shape index (κ3) is 2.16. The van der Waals surface area contributed by atoms with E-state index >= 15 is 0 Å². The van der Waals surface area contributed by atoms with Crippen LogP contribution in [0.25, 0.3) is 0 Å². The molecule has 0 aliphatic heterocycles. The molecule has 84 valence electrons. The number of benzene rings is 1. The Kier molecular flexibility index (Phi) is 2.81. The van der Waals surface area contributed by atoms with E-state index in [1.54, 1.807) is 18.2 Å². The van der Waals surface area contributed by atoms with Crippen molar-refractivity contribution in [1.82, 2.24) is 0 Å². The van der Waals surface area contributed by atoms with Crippen LogP contribution in [0.4, 0.5) is 11.4 Å². The lowest BCUT2D eigenvalue weighted by Gasteiger charge is -2.15. The summed E-state index contributed by atoms with van der Waals surface area (Å²) >= 11 is 0. The summed E-state index contributed by atoms with van der Waals surface area (Å²) in [6.45, 7) is 0. The predicted molar refractivity (Wildman–Crippen MR) is 65.2 cm³/mol. The van der Waals surface area contributed by atoms with Crippen LogP contribution < -0.4 is 16.8 Å². The van der Waals surface area contributed by atoms with Gasteiger partial charge in [0.25, 0.3) is 0 Å². The molecule has 0 saturated heterocycles. The van der Waals surface area contributed by atoms with E-state index in [0.717, 1.165) is 18.5 Å². The number of hydrogen-bond acceptors (Lipinski definition) is 3.